The van der Waals surface area contributed by atoms with Gasteiger partial charge in [0.1, 0.15) is 5.82 Å². The average Bonchev–Trinajstić information content (AvgIpc) is 2.81. The van der Waals surface area contributed by atoms with E-state index in [4.69, 9.17) is 0 Å². The van der Waals surface area contributed by atoms with Crippen molar-refractivity contribution in [2.45, 2.75) is 26.9 Å². The second-order valence-electron chi connectivity index (χ2n) is 5.14. The standard InChI is InChI=1S/C15H17N3O/c1-10-4-6-12(7-5-10)18-8-13-14(9-18)16-11(2)17(3)15(13)19/h4-7H,8-9H2,1-3H3. The minimum atomic E-state index is 0.0807. The fraction of sp³-hybridized carbons (Fsp3) is 0.333. The van der Waals surface area contributed by atoms with Gasteiger partial charge in [-0.3, -0.25) is 9.36 Å². The number of nitrogens with zero attached hydrogens (tertiary/aromatic N) is 3. The number of fused-ring (bicyclic) bond motifs is 1. The van der Waals surface area contributed by atoms with Crippen molar-refractivity contribution in [1.82, 2.24) is 9.55 Å². The predicted octanol–water partition coefficient (Wildman–Crippen LogP) is 1.92. The van der Waals surface area contributed by atoms with Crippen LogP contribution in [-0.4, -0.2) is 9.55 Å². The van der Waals surface area contributed by atoms with Crippen molar-refractivity contribution in [3.05, 3.63) is 57.3 Å². The van der Waals surface area contributed by atoms with Gasteiger partial charge in [0.05, 0.1) is 24.3 Å². The summed E-state index contributed by atoms with van der Waals surface area (Å²) in [6.45, 7) is 5.31. The second-order valence-corrected chi connectivity index (χ2v) is 5.14. The smallest absolute Gasteiger partial charge is 0.258 e. The van der Waals surface area contributed by atoms with E-state index in [1.165, 1.54) is 5.56 Å². The first-order chi connectivity index (χ1) is 9.06. The predicted molar refractivity (Wildman–Crippen MR) is 75.3 cm³/mol. The molecule has 0 bridgehead atoms. The van der Waals surface area contributed by atoms with Gasteiger partial charge in [-0.2, -0.15) is 0 Å². The fourth-order valence-electron chi connectivity index (χ4n) is 2.47. The minimum absolute atomic E-state index is 0.0807. The molecular formula is C15H17N3O. The molecule has 2 heterocycles. The molecule has 0 saturated carbocycles. The van der Waals surface area contributed by atoms with Gasteiger partial charge in [0.2, 0.25) is 0 Å². The van der Waals surface area contributed by atoms with E-state index in [1.54, 1.807) is 11.6 Å². The van der Waals surface area contributed by atoms with Gasteiger partial charge in [-0.15, -0.1) is 0 Å². The Bertz CT molecular complexity index is 686. The van der Waals surface area contributed by atoms with Crippen LogP contribution in [0.25, 0.3) is 0 Å². The fourth-order valence-corrected chi connectivity index (χ4v) is 2.47. The highest BCUT2D eigenvalue weighted by Crippen LogP contribution is 2.25. The molecular weight excluding hydrogens is 238 g/mol. The topological polar surface area (TPSA) is 38.1 Å². The molecule has 0 atom stereocenters. The molecule has 0 radical (unpaired) electrons. The quantitative estimate of drug-likeness (QED) is 0.781. The third kappa shape index (κ3) is 1.93. The Morgan fingerprint density at radius 1 is 1.11 bits per heavy atom. The van der Waals surface area contributed by atoms with E-state index in [-0.39, 0.29) is 5.56 Å². The molecule has 1 aromatic carbocycles. The van der Waals surface area contributed by atoms with Crippen LogP contribution in [0.2, 0.25) is 0 Å². The lowest BCUT2D eigenvalue weighted by Crippen LogP contribution is -2.25. The van der Waals surface area contributed by atoms with Gasteiger partial charge >= 0.3 is 0 Å². The van der Waals surface area contributed by atoms with Crippen molar-refractivity contribution in [1.29, 1.82) is 0 Å². The molecule has 2 aromatic rings. The Labute approximate surface area is 112 Å². The number of hydrogen-bond acceptors (Lipinski definition) is 3. The largest absolute Gasteiger partial charge is 0.361 e. The van der Waals surface area contributed by atoms with E-state index < -0.39 is 0 Å². The number of aryl methyl sites for hydroxylation is 2. The van der Waals surface area contributed by atoms with E-state index in [0.717, 1.165) is 29.3 Å². The van der Waals surface area contributed by atoms with E-state index in [2.05, 4.69) is 41.1 Å². The monoisotopic (exact) mass is 255 g/mol. The molecule has 19 heavy (non-hydrogen) atoms. The lowest BCUT2D eigenvalue weighted by molar-refractivity contribution is 0.754. The molecule has 0 aliphatic carbocycles. The number of anilines is 1. The molecule has 0 N–H and O–H groups in total. The lowest BCUT2D eigenvalue weighted by atomic mass is 10.2. The molecule has 0 fully saturated rings. The molecule has 0 saturated heterocycles. The minimum Gasteiger partial charge on any atom is -0.361 e. The summed E-state index contributed by atoms with van der Waals surface area (Å²) < 4.78 is 1.62. The van der Waals surface area contributed by atoms with Crippen LogP contribution in [0.5, 0.6) is 0 Å². The highest BCUT2D eigenvalue weighted by molar-refractivity contribution is 5.51. The van der Waals surface area contributed by atoms with Gasteiger partial charge in [-0.05, 0) is 26.0 Å². The summed E-state index contributed by atoms with van der Waals surface area (Å²) in [7, 11) is 1.78. The summed E-state index contributed by atoms with van der Waals surface area (Å²) in [5.41, 5.74) is 4.21. The molecule has 0 spiro atoms. The normalized spacial score (nSPS) is 13.7. The van der Waals surface area contributed by atoms with Crippen molar-refractivity contribution >= 4 is 5.69 Å². The van der Waals surface area contributed by atoms with Gasteiger partial charge in [-0.25, -0.2) is 4.98 Å². The highest BCUT2D eigenvalue weighted by Gasteiger charge is 2.24. The number of benzene rings is 1. The highest BCUT2D eigenvalue weighted by atomic mass is 16.1. The second kappa shape index (κ2) is 4.23. The summed E-state index contributed by atoms with van der Waals surface area (Å²) in [5, 5.41) is 0. The molecule has 1 aliphatic rings. The van der Waals surface area contributed by atoms with Crippen LogP contribution in [0.3, 0.4) is 0 Å². The van der Waals surface area contributed by atoms with Crippen molar-refractivity contribution in [2.24, 2.45) is 7.05 Å². The number of aromatic nitrogens is 2. The summed E-state index contributed by atoms with van der Waals surface area (Å²) in [5.74, 6) is 0.773. The molecule has 4 heteroatoms. The Morgan fingerprint density at radius 3 is 2.47 bits per heavy atom. The van der Waals surface area contributed by atoms with E-state index in [1.807, 2.05) is 6.92 Å². The molecule has 4 nitrogen and oxygen atoms in total. The first-order valence-electron chi connectivity index (χ1n) is 6.43. The SMILES string of the molecule is Cc1ccc(N2Cc3nc(C)n(C)c(=O)c3C2)cc1. The molecule has 3 rings (SSSR count). The zero-order valence-corrected chi connectivity index (χ0v) is 11.5. The lowest BCUT2D eigenvalue weighted by Gasteiger charge is -2.17. The maximum Gasteiger partial charge on any atom is 0.258 e. The van der Waals surface area contributed by atoms with Gasteiger partial charge in [0.25, 0.3) is 5.56 Å². The zero-order chi connectivity index (χ0) is 13.6. The summed E-state index contributed by atoms with van der Waals surface area (Å²) in [6.07, 6.45) is 0. The van der Waals surface area contributed by atoms with Crippen LogP contribution in [0.15, 0.2) is 29.1 Å². The first-order valence-corrected chi connectivity index (χ1v) is 6.43. The average molecular weight is 255 g/mol. The van der Waals surface area contributed by atoms with Gasteiger partial charge in [-0.1, -0.05) is 17.7 Å². The Morgan fingerprint density at radius 2 is 1.79 bits per heavy atom. The molecule has 1 aromatic heterocycles. The van der Waals surface area contributed by atoms with E-state index >= 15 is 0 Å². The molecule has 98 valence electrons. The van der Waals surface area contributed by atoms with Gasteiger partial charge in [0, 0.05) is 12.7 Å². The maximum absolute atomic E-state index is 12.2. The third-order valence-corrected chi connectivity index (χ3v) is 3.78. The van der Waals surface area contributed by atoms with Crippen LogP contribution in [0.1, 0.15) is 22.6 Å². The van der Waals surface area contributed by atoms with Crippen molar-refractivity contribution in [2.75, 3.05) is 4.90 Å². The van der Waals surface area contributed by atoms with Crippen molar-refractivity contribution in [3.63, 3.8) is 0 Å². The summed E-state index contributed by atoms with van der Waals surface area (Å²) in [6, 6.07) is 8.38. The van der Waals surface area contributed by atoms with Crippen LogP contribution in [0, 0.1) is 13.8 Å². The Hall–Kier alpha value is -2.10. The Kier molecular flexibility index (Phi) is 2.66. The zero-order valence-electron chi connectivity index (χ0n) is 11.5. The summed E-state index contributed by atoms with van der Waals surface area (Å²) in [4.78, 5) is 18.9. The van der Waals surface area contributed by atoms with Crippen LogP contribution < -0.4 is 10.5 Å². The Balaban J connectivity index is 1.99. The summed E-state index contributed by atoms with van der Waals surface area (Å²) >= 11 is 0. The molecule has 0 unspecified atom stereocenters. The van der Waals surface area contributed by atoms with Crippen molar-refractivity contribution < 1.29 is 0 Å². The van der Waals surface area contributed by atoms with Crippen LogP contribution in [-0.2, 0) is 20.1 Å². The van der Waals surface area contributed by atoms with Gasteiger partial charge in [0.15, 0.2) is 0 Å². The number of rotatable bonds is 1. The number of hydrogen-bond donors (Lipinski definition) is 0. The van der Waals surface area contributed by atoms with E-state index in [9.17, 15) is 4.79 Å². The van der Waals surface area contributed by atoms with Gasteiger partial charge < -0.3 is 4.90 Å². The maximum atomic E-state index is 12.2. The van der Waals surface area contributed by atoms with E-state index in [0.29, 0.717) is 6.54 Å². The molecule has 0 amide bonds. The van der Waals surface area contributed by atoms with Crippen LogP contribution in [0.4, 0.5) is 5.69 Å². The first kappa shape index (κ1) is 12.0. The van der Waals surface area contributed by atoms with Crippen molar-refractivity contribution in [3.8, 4) is 0 Å². The third-order valence-electron chi connectivity index (χ3n) is 3.78. The van der Waals surface area contributed by atoms with Crippen LogP contribution >= 0.6 is 0 Å². The molecule has 1 aliphatic heterocycles.